The second-order valence-electron chi connectivity index (χ2n) is 11.2. The van der Waals surface area contributed by atoms with Gasteiger partial charge in [0.2, 0.25) is 6.29 Å². The second kappa shape index (κ2) is 11.9. The number of rotatable bonds is 12. The van der Waals surface area contributed by atoms with Crippen molar-refractivity contribution in [1.82, 2.24) is 0 Å². The average molecular weight is 567 g/mol. The van der Waals surface area contributed by atoms with Crippen LogP contribution in [-0.4, -0.2) is 50.1 Å². The summed E-state index contributed by atoms with van der Waals surface area (Å²) < 4.78 is 60.1. The van der Waals surface area contributed by atoms with E-state index >= 15 is 0 Å². The number of benzene rings is 2. The molecule has 212 valence electrons. The lowest BCUT2D eigenvalue weighted by atomic mass is 9.91. The number of fused-ring (bicyclic) bond motifs is 1. The Balaban J connectivity index is 2.09. The van der Waals surface area contributed by atoms with Gasteiger partial charge in [0.25, 0.3) is 10.1 Å². The zero-order valence-electron chi connectivity index (χ0n) is 24.0. The molecule has 0 amide bonds. The van der Waals surface area contributed by atoms with E-state index in [0.717, 1.165) is 23.8 Å². The predicted molar refractivity (Wildman–Crippen MR) is 150 cm³/mol. The summed E-state index contributed by atoms with van der Waals surface area (Å²) in [6.07, 6.45) is 0.952. The molecule has 2 atom stereocenters. The molecule has 0 fully saturated rings. The number of hydrogen-bond donors (Lipinski definition) is 0. The highest BCUT2D eigenvalue weighted by Gasteiger charge is 2.43. The molecule has 0 aliphatic carbocycles. The van der Waals surface area contributed by atoms with Gasteiger partial charge in [-0.15, -0.1) is 0 Å². The van der Waals surface area contributed by atoms with Gasteiger partial charge in [0.15, 0.2) is 19.8 Å². The van der Waals surface area contributed by atoms with Crippen molar-refractivity contribution in [3.05, 3.63) is 47.5 Å². The van der Waals surface area contributed by atoms with E-state index in [2.05, 4.69) is 33.9 Å². The predicted octanol–water partition coefficient (Wildman–Crippen LogP) is 6.11. The minimum absolute atomic E-state index is 0.0956. The molecule has 2 aromatic carbocycles. The molecule has 0 unspecified atom stereocenters. The van der Waals surface area contributed by atoms with Crippen LogP contribution < -0.4 is 18.9 Å². The molecule has 0 spiro atoms. The molecule has 0 saturated heterocycles. The third-order valence-electron chi connectivity index (χ3n) is 7.33. The number of methoxy groups -OCH3 is 2. The summed E-state index contributed by atoms with van der Waals surface area (Å²) in [6.45, 7) is 12.8. The standard InChI is InChI=1S/C28H42O8SSi/c1-10-21-24(31-5)15-19(16-25(21)32-6)27(36-38(8,9)28(2,3)4)20(18-33-37(7,29)30)17-26-34-22-13-11-12-14-23(22)35-26/h11-16,20,26-27H,10,17-18H2,1-9H3/t20-,27+/m0/s1. The van der Waals surface area contributed by atoms with Gasteiger partial charge in [-0.3, -0.25) is 4.18 Å². The zero-order chi connectivity index (χ0) is 28.3. The quantitative estimate of drug-likeness (QED) is 0.225. The van der Waals surface area contributed by atoms with Gasteiger partial charge < -0.3 is 23.4 Å². The summed E-state index contributed by atoms with van der Waals surface area (Å²) in [6, 6.07) is 11.4. The van der Waals surface area contributed by atoms with Gasteiger partial charge in [-0.05, 0) is 54.4 Å². The average Bonchev–Trinajstić information content (AvgIpc) is 3.25. The van der Waals surface area contributed by atoms with Gasteiger partial charge in [0.05, 0.1) is 33.2 Å². The van der Waals surface area contributed by atoms with Crippen LogP contribution in [0.5, 0.6) is 23.0 Å². The molecule has 1 aliphatic rings. The van der Waals surface area contributed by atoms with Crippen LogP contribution in [0.15, 0.2) is 36.4 Å². The maximum absolute atomic E-state index is 12.1. The Kier molecular flexibility index (Phi) is 9.44. The SMILES string of the molecule is CCc1c(OC)cc([C@@H](O[Si](C)(C)C(C)(C)C)[C@H](COS(C)(=O)=O)CC2Oc3ccccc3O2)cc1OC. The summed E-state index contributed by atoms with van der Waals surface area (Å²) in [5, 5.41) is -0.0956. The minimum Gasteiger partial charge on any atom is -0.496 e. The summed E-state index contributed by atoms with van der Waals surface area (Å²) in [5.74, 6) is 2.25. The maximum Gasteiger partial charge on any atom is 0.264 e. The molecule has 1 aliphatic heterocycles. The lowest BCUT2D eigenvalue weighted by Gasteiger charge is -2.42. The van der Waals surface area contributed by atoms with E-state index in [1.807, 2.05) is 43.3 Å². The van der Waals surface area contributed by atoms with Crippen molar-refractivity contribution < 1.29 is 36.0 Å². The zero-order valence-corrected chi connectivity index (χ0v) is 25.8. The van der Waals surface area contributed by atoms with Crippen molar-refractivity contribution in [3.63, 3.8) is 0 Å². The van der Waals surface area contributed by atoms with Gasteiger partial charge in [0, 0.05) is 17.9 Å². The fourth-order valence-electron chi connectivity index (χ4n) is 4.23. The monoisotopic (exact) mass is 566 g/mol. The molecule has 8 nitrogen and oxygen atoms in total. The smallest absolute Gasteiger partial charge is 0.264 e. The second-order valence-corrected chi connectivity index (χ2v) is 17.6. The summed E-state index contributed by atoms with van der Waals surface area (Å²) in [7, 11) is -2.80. The van der Waals surface area contributed by atoms with Crippen LogP contribution >= 0.6 is 0 Å². The molecule has 0 radical (unpaired) electrons. The van der Waals surface area contributed by atoms with Crippen LogP contribution in [-0.2, 0) is 25.1 Å². The van der Waals surface area contributed by atoms with Gasteiger partial charge in [-0.2, -0.15) is 8.42 Å². The van der Waals surface area contributed by atoms with E-state index in [4.69, 9.17) is 27.6 Å². The van der Waals surface area contributed by atoms with Crippen LogP contribution in [0.1, 0.15) is 51.3 Å². The number of para-hydroxylation sites is 2. The van der Waals surface area contributed by atoms with Crippen molar-refractivity contribution in [3.8, 4) is 23.0 Å². The van der Waals surface area contributed by atoms with Gasteiger partial charge in [-0.25, -0.2) is 0 Å². The lowest BCUT2D eigenvalue weighted by molar-refractivity contribution is -0.0108. The fraction of sp³-hybridized carbons (Fsp3) is 0.571. The lowest BCUT2D eigenvalue weighted by Crippen LogP contribution is -2.44. The highest BCUT2D eigenvalue weighted by atomic mass is 32.2. The molecule has 3 rings (SSSR count). The Morgan fingerprint density at radius 3 is 1.95 bits per heavy atom. The van der Waals surface area contributed by atoms with Crippen LogP contribution in [0.25, 0.3) is 0 Å². The molecule has 0 bridgehead atoms. The van der Waals surface area contributed by atoms with Crippen LogP contribution in [0, 0.1) is 5.92 Å². The largest absolute Gasteiger partial charge is 0.496 e. The van der Waals surface area contributed by atoms with Crippen LogP contribution in [0.2, 0.25) is 18.1 Å². The fourth-order valence-corrected chi connectivity index (χ4v) is 5.97. The van der Waals surface area contributed by atoms with Gasteiger partial charge in [0.1, 0.15) is 11.5 Å². The number of hydrogen-bond acceptors (Lipinski definition) is 8. The van der Waals surface area contributed by atoms with E-state index in [1.54, 1.807) is 14.2 Å². The van der Waals surface area contributed by atoms with Gasteiger partial charge >= 0.3 is 0 Å². The first kappa shape index (κ1) is 30.3. The molecule has 1 heterocycles. The van der Waals surface area contributed by atoms with Crippen molar-refractivity contribution in [2.24, 2.45) is 5.92 Å². The Bertz CT molecular complexity index is 1160. The third-order valence-corrected chi connectivity index (χ3v) is 12.3. The summed E-state index contributed by atoms with van der Waals surface area (Å²) >= 11 is 0. The topological polar surface area (TPSA) is 89.5 Å². The Morgan fingerprint density at radius 1 is 1.00 bits per heavy atom. The first-order valence-electron chi connectivity index (χ1n) is 12.9. The number of ether oxygens (including phenoxy) is 4. The minimum atomic E-state index is -3.71. The van der Waals surface area contributed by atoms with Crippen molar-refractivity contribution in [1.29, 1.82) is 0 Å². The van der Waals surface area contributed by atoms with Gasteiger partial charge in [-0.1, -0.05) is 39.8 Å². The van der Waals surface area contributed by atoms with Crippen molar-refractivity contribution in [2.45, 2.75) is 71.1 Å². The molecule has 0 saturated carbocycles. The van der Waals surface area contributed by atoms with E-state index in [-0.39, 0.29) is 11.6 Å². The van der Waals surface area contributed by atoms with E-state index in [0.29, 0.717) is 29.4 Å². The Morgan fingerprint density at radius 2 is 1.53 bits per heavy atom. The van der Waals surface area contributed by atoms with E-state index in [9.17, 15) is 8.42 Å². The molecule has 10 heteroatoms. The van der Waals surface area contributed by atoms with Crippen LogP contribution in [0.4, 0.5) is 0 Å². The first-order valence-corrected chi connectivity index (χ1v) is 17.6. The molecule has 38 heavy (non-hydrogen) atoms. The maximum atomic E-state index is 12.1. The molecule has 0 N–H and O–H groups in total. The highest BCUT2D eigenvalue weighted by Crippen LogP contribution is 2.46. The molecule has 2 aromatic rings. The molecule has 0 aromatic heterocycles. The third kappa shape index (κ3) is 7.22. The van der Waals surface area contributed by atoms with Crippen LogP contribution in [0.3, 0.4) is 0 Å². The Hall–Kier alpha value is -2.27. The Labute approximate surface area is 228 Å². The molecular weight excluding hydrogens is 524 g/mol. The first-order chi connectivity index (χ1) is 17.7. The van der Waals surface area contributed by atoms with Crippen molar-refractivity contribution >= 4 is 18.4 Å². The molecular formula is C28H42O8SSi. The van der Waals surface area contributed by atoms with Crippen molar-refractivity contribution in [2.75, 3.05) is 27.1 Å². The summed E-state index contributed by atoms with van der Waals surface area (Å²) in [4.78, 5) is 0. The normalized spacial score (nSPS) is 15.8. The highest BCUT2D eigenvalue weighted by molar-refractivity contribution is 7.85. The van der Waals surface area contributed by atoms with E-state index in [1.165, 1.54) is 0 Å². The van der Waals surface area contributed by atoms with E-state index < -0.39 is 36.7 Å². The summed E-state index contributed by atoms with van der Waals surface area (Å²) in [5.41, 5.74) is 1.77.